The van der Waals surface area contributed by atoms with Gasteiger partial charge in [0.25, 0.3) is 0 Å². The minimum Gasteiger partial charge on any atom is -0.497 e. The molecule has 0 heterocycles. The third-order valence-corrected chi connectivity index (χ3v) is 16.2. The number of methoxy groups -OCH3 is 1. The van der Waals surface area contributed by atoms with E-state index in [1.807, 2.05) is 0 Å². The third kappa shape index (κ3) is 12.9. The predicted molar refractivity (Wildman–Crippen MR) is 214 cm³/mol. The van der Waals surface area contributed by atoms with Gasteiger partial charge in [-0.1, -0.05) is 58.1 Å². The van der Waals surface area contributed by atoms with Gasteiger partial charge < -0.3 is 23.4 Å². The van der Waals surface area contributed by atoms with Crippen LogP contribution in [0.2, 0.25) is 17.1 Å². The van der Waals surface area contributed by atoms with E-state index < -0.39 is 111 Å². The van der Waals surface area contributed by atoms with Gasteiger partial charge in [-0.3, -0.25) is 5.32 Å². The van der Waals surface area contributed by atoms with Gasteiger partial charge in [-0.2, -0.15) is 74.6 Å². The van der Waals surface area contributed by atoms with Crippen LogP contribution in [0.3, 0.4) is 0 Å². The largest absolute Gasteiger partial charge is 0.497 e. The molecule has 0 aliphatic carbocycles. The van der Waals surface area contributed by atoms with E-state index in [-0.39, 0.29) is 18.8 Å². The Hall–Kier alpha value is -4.75. The maximum absolute atomic E-state index is 15.0. The highest BCUT2D eigenvalue weighted by Crippen LogP contribution is 2.64. The van der Waals surface area contributed by atoms with Crippen LogP contribution in [0.5, 0.6) is 11.5 Å². The minimum absolute atomic E-state index is 0.133. The molecular formula is C42H48F17NO7Si. The zero-order valence-corrected chi connectivity index (χ0v) is 37.9. The van der Waals surface area contributed by atoms with Crippen molar-refractivity contribution >= 4 is 26.1 Å². The Labute approximate surface area is 380 Å². The van der Waals surface area contributed by atoms with Crippen molar-refractivity contribution in [2.24, 2.45) is 0 Å². The number of hydrogen-bond acceptors (Lipinski definition) is 7. The molecule has 0 unspecified atom stereocenters. The van der Waals surface area contributed by atoms with Crippen molar-refractivity contribution < 1.29 is 108 Å². The van der Waals surface area contributed by atoms with Gasteiger partial charge in [-0.15, -0.1) is 0 Å². The van der Waals surface area contributed by atoms with Crippen molar-refractivity contribution in [3.63, 3.8) is 0 Å². The Bertz CT molecular complexity index is 1990. The molecule has 0 aliphatic rings. The molecule has 0 radical (unpaired) electrons. The molecular weight excluding hydrogens is 982 g/mol. The molecule has 2 aromatic rings. The van der Waals surface area contributed by atoms with Crippen LogP contribution in [0.4, 0.5) is 85.1 Å². The first kappa shape index (κ1) is 59.4. The van der Waals surface area contributed by atoms with Gasteiger partial charge in [-0.05, 0) is 78.9 Å². The summed E-state index contributed by atoms with van der Waals surface area (Å²) >= 11 is 0. The monoisotopic (exact) mass is 1030 g/mol. The normalized spacial score (nSPS) is 14.5. The Balaban J connectivity index is 2.26. The van der Waals surface area contributed by atoms with Gasteiger partial charge in [0.05, 0.1) is 20.3 Å². The third-order valence-electron chi connectivity index (χ3n) is 10.5. The first-order valence-corrected chi connectivity index (χ1v) is 22.5. The van der Waals surface area contributed by atoms with Gasteiger partial charge in [0.2, 0.25) is 0 Å². The summed E-state index contributed by atoms with van der Waals surface area (Å²) in [6.07, 6.45) is -5.66. The molecule has 0 spiro atoms. The van der Waals surface area contributed by atoms with Gasteiger partial charge in [0, 0.05) is 18.2 Å². The number of alkyl halides is 17. The van der Waals surface area contributed by atoms with E-state index in [1.54, 1.807) is 43.3 Å². The molecule has 1 N–H and O–H groups in total. The van der Waals surface area contributed by atoms with Crippen LogP contribution in [0.25, 0.3) is 0 Å². The number of halogens is 17. The van der Waals surface area contributed by atoms with E-state index in [2.05, 4.69) is 5.32 Å². The number of nitrogens with one attached hydrogen (secondary N) is 1. The number of carbonyl (C=O) groups is 2. The lowest BCUT2D eigenvalue weighted by molar-refractivity contribution is -0.461. The van der Waals surface area contributed by atoms with Crippen LogP contribution >= 0.6 is 0 Å². The first-order valence-electron chi connectivity index (χ1n) is 20.2. The fourth-order valence-electron chi connectivity index (χ4n) is 6.52. The number of allylic oxidation sites excluding steroid dienone is 3. The number of ether oxygens (including phenoxy) is 4. The summed E-state index contributed by atoms with van der Waals surface area (Å²) in [5, 5.41) is 2.58. The van der Waals surface area contributed by atoms with Crippen molar-refractivity contribution in [3.8, 4) is 11.5 Å². The molecule has 8 nitrogen and oxygen atoms in total. The summed E-state index contributed by atoms with van der Waals surface area (Å²) in [5.74, 6) is -56.7. The van der Waals surface area contributed by atoms with Gasteiger partial charge in [0.1, 0.15) is 24.2 Å². The molecule has 0 aromatic heterocycles. The second-order valence-electron chi connectivity index (χ2n) is 15.5. The number of hydrogen-bond donors (Lipinski definition) is 1. The number of rotatable bonds is 26. The van der Waals surface area contributed by atoms with E-state index in [9.17, 15) is 75.4 Å². The van der Waals surface area contributed by atoms with Crippen LogP contribution in [0.15, 0.2) is 72.8 Å². The molecule has 0 saturated heterocycles. The summed E-state index contributed by atoms with van der Waals surface area (Å²) in [5.41, 5.74) is -0.941. The maximum Gasteiger partial charge on any atom is 0.460 e. The topological polar surface area (TPSA) is 92.3 Å². The van der Waals surface area contributed by atoms with E-state index in [0.717, 1.165) is 0 Å². The molecule has 1 atom stereocenters. The Morgan fingerprint density at radius 3 is 1.65 bits per heavy atom. The number of esters is 1. The van der Waals surface area contributed by atoms with Gasteiger partial charge in [-0.25, -0.2) is 9.59 Å². The minimum atomic E-state index is -8.70. The zero-order chi connectivity index (χ0) is 52.4. The van der Waals surface area contributed by atoms with Crippen LogP contribution in [-0.2, 0) is 18.7 Å². The molecule has 2 aromatic carbocycles. The first-order chi connectivity index (χ1) is 31.0. The maximum atomic E-state index is 15.0. The molecule has 0 fully saturated rings. The quantitative estimate of drug-likeness (QED) is 0.0251. The highest BCUT2D eigenvalue weighted by Gasteiger charge is 2.95. The predicted octanol–water partition coefficient (Wildman–Crippen LogP) is 14.0. The average molecular weight is 1030 g/mol. The highest BCUT2D eigenvalue weighted by molar-refractivity contribution is 6.76. The lowest BCUT2D eigenvalue weighted by Gasteiger charge is -2.44. The van der Waals surface area contributed by atoms with Crippen LogP contribution in [-0.4, -0.2) is 94.9 Å². The number of anilines is 1. The number of carbonyl (C=O) groups excluding carboxylic acids is 2. The molecule has 1 amide bonds. The van der Waals surface area contributed by atoms with E-state index in [4.69, 9.17) is 23.4 Å². The highest BCUT2D eigenvalue weighted by atomic mass is 28.4. The molecule has 68 heavy (non-hydrogen) atoms. The van der Waals surface area contributed by atoms with Crippen LogP contribution in [0, 0.1) is 0 Å². The SMILES string of the molecule is CCOC(=O)/C=C/C=C/CC[C@H](OC(=O)Nc1ccc(OC)cc1)c1ccc(OCCO[Si](CCC(F)(F)C(F)(F)C(F)(F)C(F)(F)C(F)(F)C(F)(F)C(F)(F)C(F)(F)F)(C(C)C)C(C)C)cc1. The van der Waals surface area contributed by atoms with Crippen molar-refractivity contribution in [2.75, 3.05) is 32.2 Å². The average Bonchev–Trinajstić information content (AvgIpc) is 3.23. The number of amides is 1. The molecule has 0 aliphatic heterocycles. The molecule has 0 bridgehead atoms. The second kappa shape index (κ2) is 22.8. The fourth-order valence-corrected chi connectivity index (χ4v) is 11.0. The van der Waals surface area contributed by atoms with E-state index >= 15 is 8.78 Å². The Morgan fingerprint density at radius 2 is 1.16 bits per heavy atom. The van der Waals surface area contributed by atoms with Crippen molar-refractivity contribution in [2.45, 2.75) is 125 Å². The number of benzene rings is 2. The van der Waals surface area contributed by atoms with Crippen molar-refractivity contribution in [1.82, 2.24) is 0 Å². The molecule has 2 rings (SSSR count). The Kier molecular flexibility index (Phi) is 19.9. The van der Waals surface area contributed by atoms with Gasteiger partial charge >= 0.3 is 59.7 Å². The Morgan fingerprint density at radius 1 is 0.662 bits per heavy atom. The molecule has 26 heteroatoms. The summed E-state index contributed by atoms with van der Waals surface area (Å²) in [6, 6.07) is 10.8. The summed E-state index contributed by atoms with van der Waals surface area (Å²) < 4.78 is 263. The van der Waals surface area contributed by atoms with Crippen molar-refractivity contribution in [1.29, 1.82) is 0 Å². The zero-order valence-electron chi connectivity index (χ0n) is 36.9. The van der Waals surface area contributed by atoms with Gasteiger partial charge in [0.15, 0.2) is 8.32 Å². The lowest BCUT2D eigenvalue weighted by atomic mass is 9.88. The molecule has 386 valence electrons. The smallest absolute Gasteiger partial charge is 0.460 e. The van der Waals surface area contributed by atoms with Crippen LogP contribution in [0.1, 0.15) is 65.5 Å². The van der Waals surface area contributed by atoms with E-state index in [0.29, 0.717) is 23.4 Å². The summed E-state index contributed by atoms with van der Waals surface area (Å²) in [6.45, 7) is 6.16. The second-order valence-corrected chi connectivity index (χ2v) is 20.6. The van der Waals surface area contributed by atoms with Crippen LogP contribution < -0.4 is 14.8 Å². The lowest BCUT2D eigenvalue weighted by Crippen LogP contribution is -2.74. The van der Waals surface area contributed by atoms with E-state index in [1.165, 1.54) is 71.2 Å². The van der Waals surface area contributed by atoms with Crippen molar-refractivity contribution in [3.05, 3.63) is 78.4 Å². The standard InChI is InChI=1S/C42H48F17NO7Si/c1-7-64-33(61)13-11-9-8-10-12-32(67-34(62)60-29-16-20-30(63-6)21-17-29)28-14-18-31(19-15-28)65-23-24-66-68(26(2)3,27(4)5)25-22-35(43,44)36(45,46)37(47,48)38(49,50)39(51,52)40(53,54)41(55,56)42(57,58)59/h8-9,11,13-21,26-27,32H,7,10,12,22-25H2,1-6H3,(H,60,62)/b9-8+,13-11+/t32-/m0/s1. The fraction of sp³-hybridized carbons (Fsp3) is 0.571. The molecule has 0 saturated carbocycles. The summed E-state index contributed by atoms with van der Waals surface area (Å²) in [7, 11) is -2.56. The summed E-state index contributed by atoms with van der Waals surface area (Å²) in [4.78, 5) is 24.4.